The van der Waals surface area contributed by atoms with Gasteiger partial charge in [0.25, 0.3) is 0 Å². The lowest BCUT2D eigenvalue weighted by atomic mass is 9.84. The van der Waals surface area contributed by atoms with Gasteiger partial charge in [0, 0.05) is 17.1 Å². The zero-order valence-corrected chi connectivity index (χ0v) is 12.4. The molecule has 0 amide bonds. The van der Waals surface area contributed by atoms with Crippen molar-refractivity contribution in [3.63, 3.8) is 0 Å². The fourth-order valence-corrected chi connectivity index (χ4v) is 2.44. The molecule has 4 heteroatoms. The van der Waals surface area contributed by atoms with E-state index in [0.717, 1.165) is 6.42 Å². The monoisotopic (exact) mass is 270 g/mol. The molecule has 2 unspecified atom stereocenters. The molecule has 0 aliphatic carbocycles. The van der Waals surface area contributed by atoms with Crippen molar-refractivity contribution in [1.82, 2.24) is 10.2 Å². The molecule has 0 heterocycles. The molecule has 2 nitrogen and oxygen atoms in total. The minimum Gasteiger partial charge on any atom is -0.315 e. The van der Waals surface area contributed by atoms with E-state index in [2.05, 4.69) is 24.1 Å². The number of benzene rings is 1. The van der Waals surface area contributed by atoms with Gasteiger partial charge >= 0.3 is 0 Å². The van der Waals surface area contributed by atoms with Gasteiger partial charge in [-0.3, -0.25) is 0 Å². The lowest BCUT2D eigenvalue weighted by Crippen LogP contribution is -2.57. The summed E-state index contributed by atoms with van der Waals surface area (Å²) >= 11 is 0. The van der Waals surface area contributed by atoms with Crippen molar-refractivity contribution in [2.45, 2.75) is 38.3 Å². The van der Waals surface area contributed by atoms with E-state index < -0.39 is 11.6 Å². The van der Waals surface area contributed by atoms with Gasteiger partial charge in [-0.25, -0.2) is 8.78 Å². The topological polar surface area (TPSA) is 15.3 Å². The summed E-state index contributed by atoms with van der Waals surface area (Å²) in [4.78, 5) is 2.10. The van der Waals surface area contributed by atoms with Crippen LogP contribution in [0, 0.1) is 11.6 Å². The van der Waals surface area contributed by atoms with E-state index in [1.165, 1.54) is 18.2 Å². The van der Waals surface area contributed by atoms with Crippen molar-refractivity contribution in [1.29, 1.82) is 0 Å². The largest absolute Gasteiger partial charge is 0.315 e. The molecule has 1 rings (SSSR count). The smallest absolute Gasteiger partial charge is 0.129 e. The van der Waals surface area contributed by atoms with Crippen LogP contribution in [0.5, 0.6) is 0 Å². The van der Waals surface area contributed by atoms with Crippen LogP contribution in [0.2, 0.25) is 0 Å². The van der Waals surface area contributed by atoms with Gasteiger partial charge in [-0.15, -0.1) is 0 Å². The van der Waals surface area contributed by atoms with Crippen LogP contribution in [0.1, 0.15) is 25.8 Å². The molecule has 1 aromatic carbocycles. The van der Waals surface area contributed by atoms with Crippen molar-refractivity contribution in [3.8, 4) is 0 Å². The van der Waals surface area contributed by atoms with Gasteiger partial charge < -0.3 is 10.2 Å². The third-order valence-electron chi connectivity index (χ3n) is 4.31. The second-order valence-electron chi connectivity index (χ2n) is 5.35. The highest BCUT2D eigenvalue weighted by Crippen LogP contribution is 2.25. The van der Waals surface area contributed by atoms with Crippen LogP contribution < -0.4 is 5.32 Å². The number of rotatable bonds is 6. The molecular formula is C15H24F2N2. The number of hydrogen-bond donors (Lipinski definition) is 1. The standard InChI is InChI=1S/C15H24F2N2/c1-6-15(2,19(4)5)14(18-3)10-11-12(16)8-7-9-13(11)17/h7-9,14,18H,6,10H2,1-5H3. The van der Waals surface area contributed by atoms with Crippen LogP contribution in [0.3, 0.4) is 0 Å². The highest BCUT2D eigenvalue weighted by molar-refractivity contribution is 5.22. The van der Waals surface area contributed by atoms with Crippen LogP contribution in [0.15, 0.2) is 18.2 Å². The summed E-state index contributed by atoms with van der Waals surface area (Å²) in [6.07, 6.45) is 1.22. The zero-order valence-electron chi connectivity index (χ0n) is 12.4. The molecule has 0 spiro atoms. The molecule has 0 aromatic heterocycles. The second kappa shape index (κ2) is 6.44. The predicted octanol–water partition coefficient (Wildman–Crippen LogP) is 2.83. The summed E-state index contributed by atoms with van der Waals surface area (Å²) in [5.41, 5.74) is -0.00732. The highest BCUT2D eigenvalue weighted by atomic mass is 19.1. The van der Waals surface area contributed by atoms with Crippen LogP contribution in [-0.4, -0.2) is 37.6 Å². The number of halogens is 2. The van der Waals surface area contributed by atoms with Gasteiger partial charge in [-0.2, -0.15) is 0 Å². The number of nitrogens with one attached hydrogen (secondary N) is 1. The Morgan fingerprint density at radius 2 is 1.79 bits per heavy atom. The Labute approximate surface area is 114 Å². The molecule has 0 saturated carbocycles. The first-order valence-corrected chi connectivity index (χ1v) is 6.64. The third-order valence-corrected chi connectivity index (χ3v) is 4.31. The molecule has 0 bridgehead atoms. The van der Waals surface area contributed by atoms with Crippen LogP contribution in [0.25, 0.3) is 0 Å². The van der Waals surface area contributed by atoms with Crippen molar-refractivity contribution >= 4 is 0 Å². The molecule has 108 valence electrons. The van der Waals surface area contributed by atoms with E-state index >= 15 is 0 Å². The summed E-state index contributed by atoms with van der Waals surface area (Å²) in [6.45, 7) is 4.19. The molecule has 1 aromatic rings. The molecule has 0 fully saturated rings. The van der Waals surface area contributed by atoms with Gasteiger partial charge in [-0.05, 0) is 53.0 Å². The van der Waals surface area contributed by atoms with E-state index in [4.69, 9.17) is 0 Å². The summed E-state index contributed by atoms with van der Waals surface area (Å²) in [5, 5.41) is 3.20. The Hall–Kier alpha value is -1.00. The summed E-state index contributed by atoms with van der Waals surface area (Å²) in [5.74, 6) is -0.949. The van der Waals surface area contributed by atoms with Gasteiger partial charge in [0.05, 0.1) is 0 Å². The van der Waals surface area contributed by atoms with Crippen molar-refractivity contribution < 1.29 is 8.78 Å². The van der Waals surface area contributed by atoms with Gasteiger partial charge in [0.2, 0.25) is 0 Å². The maximum Gasteiger partial charge on any atom is 0.129 e. The van der Waals surface area contributed by atoms with E-state index in [1.54, 1.807) is 0 Å². The average Bonchev–Trinajstić information content (AvgIpc) is 2.37. The Morgan fingerprint density at radius 3 is 2.16 bits per heavy atom. The second-order valence-corrected chi connectivity index (χ2v) is 5.35. The van der Waals surface area contributed by atoms with Crippen molar-refractivity contribution in [2.24, 2.45) is 0 Å². The molecule has 0 radical (unpaired) electrons. The normalized spacial score (nSPS) is 16.4. The molecule has 1 N–H and O–H groups in total. The fraction of sp³-hybridized carbons (Fsp3) is 0.600. The maximum absolute atomic E-state index is 13.8. The van der Waals surface area contributed by atoms with E-state index in [9.17, 15) is 8.78 Å². The lowest BCUT2D eigenvalue weighted by Gasteiger charge is -2.42. The Balaban J connectivity index is 3.06. The first-order chi connectivity index (χ1) is 8.86. The van der Waals surface area contributed by atoms with Crippen LogP contribution in [0.4, 0.5) is 8.78 Å². The van der Waals surface area contributed by atoms with Gasteiger partial charge in [0.15, 0.2) is 0 Å². The third kappa shape index (κ3) is 3.31. The minimum absolute atomic E-state index is 0.0288. The van der Waals surface area contributed by atoms with Crippen molar-refractivity contribution in [3.05, 3.63) is 35.4 Å². The number of nitrogens with zero attached hydrogens (tertiary/aromatic N) is 1. The number of likely N-dealkylation sites (N-methyl/N-ethyl adjacent to an activating group) is 2. The highest BCUT2D eigenvalue weighted by Gasteiger charge is 2.34. The summed E-state index contributed by atoms with van der Waals surface area (Å²) in [6, 6.07) is 3.99. The fourth-order valence-electron chi connectivity index (χ4n) is 2.44. The van der Waals surface area contributed by atoms with Gasteiger partial charge in [-0.1, -0.05) is 13.0 Å². The van der Waals surface area contributed by atoms with Crippen LogP contribution >= 0.6 is 0 Å². The molecule has 0 aliphatic rings. The number of hydrogen-bond acceptors (Lipinski definition) is 2. The maximum atomic E-state index is 13.8. The van der Waals surface area contributed by atoms with E-state index in [0.29, 0.717) is 6.42 Å². The van der Waals surface area contributed by atoms with Crippen molar-refractivity contribution in [2.75, 3.05) is 21.1 Å². The summed E-state index contributed by atoms with van der Waals surface area (Å²) < 4.78 is 27.5. The molecule has 2 atom stereocenters. The minimum atomic E-state index is -0.475. The van der Waals surface area contributed by atoms with E-state index in [1.807, 2.05) is 21.1 Å². The van der Waals surface area contributed by atoms with Gasteiger partial charge in [0.1, 0.15) is 11.6 Å². The summed E-state index contributed by atoms with van der Waals surface area (Å²) in [7, 11) is 5.82. The molecule has 0 aliphatic heterocycles. The molecule has 0 saturated heterocycles. The van der Waals surface area contributed by atoms with E-state index in [-0.39, 0.29) is 17.1 Å². The van der Waals surface area contributed by atoms with Crippen LogP contribution in [-0.2, 0) is 6.42 Å². The quantitative estimate of drug-likeness (QED) is 0.855. The Morgan fingerprint density at radius 1 is 1.26 bits per heavy atom. The predicted molar refractivity (Wildman–Crippen MR) is 75.3 cm³/mol. The zero-order chi connectivity index (χ0) is 14.6. The molecule has 19 heavy (non-hydrogen) atoms. The first-order valence-electron chi connectivity index (χ1n) is 6.64. The Bertz CT molecular complexity index is 400. The first kappa shape index (κ1) is 16.1. The lowest BCUT2D eigenvalue weighted by molar-refractivity contribution is 0.115. The average molecular weight is 270 g/mol. The Kier molecular flexibility index (Phi) is 5.44. The molecular weight excluding hydrogens is 246 g/mol. The SMILES string of the molecule is CCC(C)(C(Cc1c(F)cccc1F)NC)N(C)C.